The fraction of sp³-hybridized carbons (Fsp3) is 0.889. The van der Waals surface area contributed by atoms with Crippen molar-refractivity contribution in [3.8, 4) is 0 Å². The highest BCUT2D eigenvalue weighted by molar-refractivity contribution is 14.1. The van der Waals surface area contributed by atoms with Gasteiger partial charge in [0.15, 0.2) is 6.10 Å². The van der Waals surface area contributed by atoms with Gasteiger partial charge in [0.1, 0.15) is 5.60 Å². The summed E-state index contributed by atoms with van der Waals surface area (Å²) in [7, 11) is 0. The van der Waals surface area contributed by atoms with Gasteiger partial charge in [-0.3, -0.25) is 0 Å². The Kier molecular flexibility index (Phi) is 6.63. The van der Waals surface area contributed by atoms with E-state index in [0.29, 0.717) is 6.61 Å². The first-order valence-corrected chi connectivity index (χ1v) is 6.03. The Bertz CT molecular complexity index is 179. The summed E-state index contributed by atoms with van der Waals surface area (Å²) in [6, 6.07) is 0. The molecular weight excluding hydrogens is 297 g/mol. The van der Waals surface area contributed by atoms with Crippen LogP contribution in [0.25, 0.3) is 0 Å². The Balaban J connectivity index is 4.04. The highest BCUT2D eigenvalue weighted by Crippen LogP contribution is 2.09. The lowest BCUT2D eigenvalue weighted by molar-refractivity contribution is -0.167. The molecule has 1 atom stereocenters. The number of carbonyl (C=O) groups excluding carboxylic acids is 1. The van der Waals surface area contributed by atoms with Gasteiger partial charge in [-0.2, -0.15) is 0 Å². The smallest absolute Gasteiger partial charge is 0.337 e. The molecule has 0 aliphatic rings. The van der Waals surface area contributed by atoms with E-state index in [2.05, 4.69) is 22.6 Å². The van der Waals surface area contributed by atoms with Crippen LogP contribution in [0.1, 0.15) is 20.8 Å². The zero-order valence-corrected chi connectivity index (χ0v) is 11.0. The molecule has 4 nitrogen and oxygen atoms in total. The molecule has 0 aliphatic heterocycles. The second-order valence-electron chi connectivity index (χ2n) is 3.82. The second-order valence-corrected chi connectivity index (χ2v) is 4.90. The molecule has 1 unspecified atom stereocenters. The number of hydrogen-bond donors (Lipinski definition) is 1. The molecule has 0 bridgehead atoms. The summed E-state index contributed by atoms with van der Waals surface area (Å²) in [5.41, 5.74) is 4.92. The fourth-order valence-corrected chi connectivity index (χ4v) is 1.04. The molecule has 0 aliphatic carbocycles. The maximum Gasteiger partial charge on any atom is 0.337 e. The highest BCUT2D eigenvalue weighted by Gasteiger charge is 2.24. The van der Waals surface area contributed by atoms with Crippen LogP contribution in [0.15, 0.2) is 0 Å². The first kappa shape index (κ1) is 14.1. The van der Waals surface area contributed by atoms with Gasteiger partial charge in [-0.25, -0.2) is 4.79 Å². The number of ether oxygens (including phenoxy) is 2. The quantitative estimate of drug-likeness (QED) is 0.469. The van der Waals surface area contributed by atoms with E-state index in [1.165, 1.54) is 0 Å². The molecule has 0 amide bonds. The van der Waals surface area contributed by atoms with Crippen molar-refractivity contribution < 1.29 is 14.3 Å². The van der Waals surface area contributed by atoms with Gasteiger partial charge in [0.2, 0.25) is 0 Å². The topological polar surface area (TPSA) is 61.5 Å². The van der Waals surface area contributed by atoms with E-state index in [9.17, 15) is 4.79 Å². The van der Waals surface area contributed by atoms with Crippen LogP contribution in [-0.2, 0) is 14.3 Å². The molecule has 0 spiro atoms. The van der Waals surface area contributed by atoms with Gasteiger partial charge in [0.05, 0.1) is 6.61 Å². The third-order valence-electron chi connectivity index (χ3n) is 1.28. The molecule has 0 saturated carbocycles. The molecule has 0 saturated heterocycles. The number of halogens is 1. The van der Waals surface area contributed by atoms with Gasteiger partial charge < -0.3 is 15.2 Å². The summed E-state index contributed by atoms with van der Waals surface area (Å²) in [6.07, 6.45) is -0.635. The van der Waals surface area contributed by atoms with Gasteiger partial charge in [-0.1, -0.05) is 22.6 Å². The van der Waals surface area contributed by atoms with Crippen molar-refractivity contribution in [2.24, 2.45) is 5.73 Å². The van der Waals surface area contributed by atoms with Gasteiger partial charge >= 0.3 is 5.97 Å². The molecule has 0 rings (SSSR count). The Morgan fingerprint density at radius 2 is 2.07 bits per heavy atom. The third kappa shape index (κ3) is 6.56. The minimum atomic E-state index is -0.635. The Morgan fingerprint density at radius 1 is 1.50 bits per heavy atom. The lowest BCUT2D eigenvalue weighted by Gasteiger charge is -2.23. The normalized spacial score (nSPS) is 13.8. The summed E-state index contributed by atoms with van der Waals surface area (Å²) >= 11 is 2.17. The fourth-order valence-electron chi connectivity index (χ4n) is 0.787. The first-order chi connectivity index (χ1) is 6.40. The SMILES string of the molecule is CC(C)(C)OC(=O)C(CN)OCCI. The summed E-state index contributed by atoms with van der Waals surface area (Å²) in [5.74, 6) is -0.384. The van der Waals surface area contributed by atoms with Crippen molar-refractivity contribution >= 4 is 28.6 Å². The molecule has 5 heteroatoms. The zero-order chi connectivity index (χ0) is 11.2. The van der Waals surface area contributed by atoms with Crippen molar-refractivity contribution in [3.05, 3.63) is 0 Å². The Labute approximate surface area is 98.6 Å². The van der Waals surface area contributed by atoms with E-state index in [1.807, 2.05) is 20.8 Å². The van der Waals surface area contributed by atoms with E-state index < -0.39 is 11.7 Å². The van der Waals surface area contributed by atoms with Crippen LogP contribution in [0.5, 0.6) is 0 Å². The molecule has 14 heavy (non-hydrogen) atoms. The van der Waals surface area contributed by atoms with E-state index in [4.69, 9.17) is 15.2 Å². The molecule has 0 aromatic heterocycles. The van der Waals surface area contributed by atoms with Crippen LogP contribution in [-0.4, -0.2) is 35.3 Å². The molecular formula is C9H18INO3. The second kappa shape index (κ2) is 6.58. The van der Waals surface area contributed by atoms with E-state index >= 15 is 0 Å². The predicted octanol–water partition coefficient (Wildman–Crippen LogP) is 1.11. The average Bonchev–Trinajstić information content (AvgIpc) is 2.02. The van der Waals surface area contributed by atoms with Crippen LogP contribution >= 0.6 is 22.6 Å². The molecule has 0 fully saturated rings. The number of alkyl halides is 1. The van der Waals surface area contributed by atoms with Crippen LogP contribution in [0.3, 0.4) is 0 Å². The molecule has 84 valence electrons. The van der Waals surface area contributed by atoms with Crippen molar-refractivity contribution in [1.29, 1.82) is 0 Å². The van der Waals surface area contributed by atoms with E-state index in [0.717, 1.165) is 4.43 Å². The zero-order valence-electron chi connectivity index (χ0n) is 8.88. The molecule has 0 aromatic carbocycles. The maximum absolute atomic E-state index is 11.5. The number of esters is 1. The average molecular weight is 315 g/mol. The Hall–Kier alpha value is 0.120. The number of rotatable bonds is 5. The monoisotopic (exact) mass is 315 g/mol. The molecule has 0 aromatic rings. The van der Waals surface area contributed by atoms with Crippen molar-refractivity contribution in [2.45, 2.75) is 32.5 Å². The highest BCUT2D eigenvalue weighted by atomic mass is 127. The summed E-state index contributed by atoms with van der Waals surface area (Å²) in [5, 5.41) is 0. The maximum atomic E-state index is 11.5. The number of carbonyl (C=O) groups is 1. The minimum Gasteiger partial charge on any atom is -0.458 e. The Morgan fingerprint density at radius 3 is 2.43 bits per heavy atom. The first-order valence-electron chi connectivity index (χ1n) is 4.51. The number of nitrogens with two attached hydrogens (primary N) is 1. The lowest BCUT2D eigenvalue weighted by Crippen LogP contribution is -2.38. The minimum absolute atomic E-state index is 0.158. The largest absolute Gasteiger partial charge is 0.458 e. The van der Waals surface area contributed by atoms with E-state index in [-0.39, 0.29) is 12.5 Å². The molecule has 0 radical (unpaired) electrons. The van der Waals surface area contributed by atoms with Crippen LogP contribution in [0, 0.1) is 0 Å². The van der Waals surface area contributed by atoms with E-state index in [1.54, 1.807) is 0 Å². The molecule has 0 heterocycles. The summed E-state index contributed by atoms with van der Waals surface area (Å²) in [4.78, 5) is 11.5. The lowest BCUT2D eigenvalue weighted by atomic mass is 10.2. The molecule has 2 N–H and O–H groups in total. The van der Waals surface area contributed by atoms with Gasteiger partial charge in [-0.15, -0.1) is 0 Å². The number of hydrogen-bond acceptors (Lipinski definition) is 4. The summed E-state index contributed by atoms with van der Waals surface area (Å²) in [6.45, 7) is 6.12. The van der Waals surface area contributed by atoms with Crippen LogP contribution in [0.2, 0.25) is 0 Å². The van der Waals surface area contributed by atoms with Crippen LogP contribution in [0.4, 0.5) is 0 Å². The van der Waals surface area contributed by atoms with Crippen molar-refractivity contribution in [3.63, 3.8) is 0 Å². The standard InChI is InChI=1S/C9H18INO3/c1-9(2,3)14-8(12)7(6-11)13-5-4-10/h7H,4-6,11H2,1-3H3. The third-order valence-corrected chi connectivity index (χ3v) is 1.72. The van der Waals surface area contributed by atoms with Gasteiger partial charge in [0, 0.05) is 11.0 Å². The van der Waals surface area contributed by atoms with Crippen molar-refractivity contribution in [1.82, 2.24) is 0 Å². The summed E-state index contributed by atoms with van der Waals surface area (Å²) < 4.78 is 11.2. The van der Waals surface area contributed by atoms with Crippen LogP contribution < -0.4 is 5.73 Å². The van der Waals surface area contributed by atoms with Gasteiger partial charge in [0.25, 0.3) is 0 Å². The predicted molar refractivity (Wildman–Crippen MR) is 63.5 cm³/mol. The van der Waals surface area contributed by atoms with Gasteiger partial charge in [-0.05, 0) is 20.8 Å². The van der Waals surface area contributed by atoms with Crippen molar-refractivity contribution in [2.75, 3.05) is 17.6 Å².